The quantitative estimate of drug-likeness (QED) is 0.789. The fourth-order valence-electron chi connectivity index (χ4n) is 3.00. The van der Waals surface area contributed by atoms with Gasteiger partial charge in [0, 0.05) is 18.7 Å². The van der Waals surface area contributed by atoms with Gasteiger partial charge in [-0.25, -0.2) is 8.42 Å². The molecule has 122 valence electrons. The Morgan fingerprint density at radius 1 is 1.29 bits per heavy atom. The van der Waals surface area contributed by atoms with Crippen molar-refractivity contribution in [2.45, 2.75) is 46.1 Å². The molecule has 1 aliphatic rings. The Kier molecular flexibility index (Phi) is 5.41. The average Bonchev–Trinajstić information content (AvgIpc) is 2.31. The molecule has 7 heteroatoms. The molecule has 0 aromatic heterocycles. The lowest BCUT2D eigenvalue weighted by Crippen LogP contribution is -2.52. The molecule has 0 aromatic carbocycles. The van der Waals surface area contributed by atoms with Crippen LogP contribution in [0, 0.1) is 17.3 Å². The molecule has 3 atom stereocenters. The third kappa shape index (κ3) is 4.69. The molecule has 3 unspecified atom stereocenters. The third-order valence-corrected chi connectivity index (χ3v) is 5.73. The number of carboxylic acids is 1. The fourth-order valence-corrected chi connectivity index (χ4v) is 3.56. The standard InChI is InChI=1S/C14H25NO5S/c1-9-11(15-12(16)7-8-21(4,19)20)6-5-10(13(17)18)14(9,2)3/h9-11H,5-8H2,1-4H3,(H,15,16)(H,17,18). The number of rotatable bonds is 5. The van der Waals surface area contributed by atoms with Gasteiger partial charge in [-0.2, -0.15) is 0 Å². The van der Waals surface area contributed by atoms with Gasteiger partial charge in [0.15, 0.2) is 0 Å². The first-order valence-electron chi connectivity index (χ1n) is 7.15. The van der Waals surface area contributed by atoms with Gasteiger partial charge < -0.3 is 10.4 Å². The second-order valence-electron chi connectivity index (χ2n) is 6.63. The van der Waals surface area contributed by atoms with Gasteiger partial charge >= 0.3 is 5.97 Å². The molecule has 0 radical (unpaired) electrons. The largest absolute Gasteiger partial charge is 0.481 e. The van der Waals surface area contributed by atoms with Gasteiger partial charge in [0.2, 0.25) is 5.91 Å². The van der Waals surface area contributed by atoms with E-state index in [1.165, 1.54) is 0 Å². The van der Waals surface area contributed by atoms with Crippen LogP contribution in [0.15, 0.2) is 0 Å². The maximum atomic E-state index is 11.8. The van der Waals surface area contributed by atoms with Crippen LogP contribution in [0.1, 0.15) is 40.0 Å². The molecule has 1 saturated carbocycles. The zero-order valence-electron chi connectivity index (χ0n) is 13.0. The van der Waals surface area contributed by atoms with Crippen LogP contribution in [-0.4, -0.2) is 43.5 Å². The predicted molar refractivity (Wildman–Crippen MR) is 79.6 cm³/mol. The monoisotopic (exact) mass is 319 g/mol. The lowest BCUT2D eigenvalue weighted by Gasteiger charge is -2.46. The number of hydrogen-bond donors (Lipinski definition) is 2. The topological polar surface area (TPSA) is 101 Å². The SMILES string of the molecule is CC1C(NC(=O)CCS(C)(=O)=O)CCC(C(=O)O)C1(C)C. The Balaban J connectivity index is 2.66. The molecule has 0 bridgehead atoms. The minimum Gasteiger partial charge on any atom is -0.481 e. The zero-order valence-corrected chi connectivity index (χ0v) is 13.9. The van der Waals surface area contributed by atoms with Gasteiger partial charge in [-0.05, 0) is 24.2 Å². The second kappa shape index (κ2) is 6.34. The lowest BCUT2D eigenvalue weighted by atomic mass is 9.61. The van der Waals surface area contributed by atoms with E-state index in [-0.39, 0.29) is 30.0 Å². The van der Waals surface area contributed by atoms with E-state index in [1.54, 1.807) is 0 Å². The van der Waals surface area contributed by atoms with E-state index in [4.69, 9.17) is 0 Å². The normalized spacial score (nSPS) is 28.9. The summed E-state index contributed by atoms with van der Waals surface area (Å²) in [5, 5.41) is 12.1. The molecule has 6 nitrogen and oxygen atoms in total. The van der Waals surface area contributed by atoms with Crippen molar-refractivity contribution in [3.8, 4) is 0 Å². The van der Waals surface area contributed by atoms with Crippen LogP contribution in [0.4, 0.5) is 0 Å². The lowest BCUT2D eigenvalue weighted by molar-refractivity contribution is -0.150. The Morgan fingerprint density at radius 2 is 1.86 bits per heavy atom. The van der Waals surface area contributed by atoms with Crippen LogP contribution in [0.25, 0.3) is 0 Å². The molecule has 2 N–H and O–H groups in total. The van der Waals surface area contributed by atoms with Crippen molar-refractivity contribution < 1.29 is 23.1 Å². The summed E-state index contributed by atoms with van der Waals surface area (Å²) < 4.78 is 22.1. The number of nitrogens with one attached hydrogen (secondary N) is 1. The minimum absolute atomic E-state index is 0.00883. The highest BCUT2D eigenvalue weighted by Gasteiger charge is 2.46. The number of carbonyl (C=O) groups excluding carboxylic acids is 1. The van der Waals surface area contributed by atoms with Crippen molar-refractivity contribution in [3.63, 3.8) is 0 Å². The molecule has 21 heavy (non-hydrogen) atoms. The van der Waals surface area contributed by atoms with E-state index in [1.807, 2.05) is 20.8 Å². The zero-order chi connectivity index (χ0) is 16.4. The summed E-state index contributed by atoms with van der Waals surface area (Å²) in [4.78, 5) is 23.1. The summed E-state index contributed by atoms with van der Waals surface area (Å²) in [6, 6.07) is -0.109. The molecule has 0 aromatic rings. The van der Waals surface area contributed by atoms with Crippen molar-refractivity contribution in [1.82, 2.24) is 5.32 Å². The summed E-state index contributed by atoms with van der Waals surface area (Å²) >= 11 is 0. The van der Waals surface area contributed by atoms with Crippen molar-refractivity contribution in [2.24, 2.45) is 17.3 Å². The smallest absolute Gasteiger partial charge is 0.307 e. The molecule has 0 saturated heterocycles. The first-order valence-corrected chi connectivity index (χ1v) is 9.21. The van der Waals surface area contributed by atoms with E-state index in [0.29, 0.717) is 12.8 Å². The number of hydrogen-bond acceptors (Lipinski definition) is 4. The van der Waals surface area contributed by atoms with Gasteiger partial charge in [-0.15, -0.1) is 0 Å². The van der Waals surface area contributed by atoms with Crippen molar-refractivity contribution >= 4 is 21.7 Å². The van der Waals surface area contributed by atoms with Gasteiger partial charge in [0.05, 0.1) is 11.7 Å². The molecule has 0 heterocycles. The maximum Gasteiger partial charge on any atom is 0.307 e. The molecule has 1 aliphatic carbocycles. The summed E-state index contributed by atoms with van der Waals surface area (Å²) in [6.45, 7) is 5.76. The van der Waals surface area contributed by atoms with Gasteiger partial charge in [0.1, 0.15) is 9.84 Å². The van der Waals surface area contributed by atoms with Crippen LogP contribution >= 0.6 is 0 Å². The van der Waals surface area contributed by atoms with Crippen molar-refractivity contribution in [2.75, 3.05) is 12.0 Å². The average molecular weight is 319 g/mol. The van der Waals surface area contributed by atoms with Gasteiger partial charge in [-0.3, -0.25) is 9.59 Å². The Bertz CT molecular complexity index is 511. The first-order chi connectivity index (χ1) is 9.45. The van der Waals surface area contributed by atoms with Crippen molar-refractivity contribution in [3.05, 3.63) is 0 Å². The van der Waals surface area contributed by atoms with Crippen LogP contribution in [-0.2, 0) is 19.4 Å². The molecule has 1 fully saturated rings. The van der Waals surface area contributed by atoms with E-state index >= 15 is 0 Å². The molecule has 0 aliphatic heterocycles. The number of amides is 1. The molecule has 1 amide bonds. The summed E-state index contributed by atoms with van der Waals surface area (Å²) in [7, 11) is -3.15. The summed E-state index contributed by atoms with van der Waals surface area (Å²) in [6.07, 6.45) is 2.17. The maximum absolute atomic E-state index is 11.8. The van der Waals surface area contributed by atoms with Crippen LogP contribution in [0.3, 0.4) is 0 Å². The highest BCUT2D eigenvalue weighted by molar-refractivity contribution is 7.90. The summed E-state index contributed by atoms with van der Waals surface area (Å²) in [5.74, 6) is -1.66. The number of sulfone groups is 1. The highest BCUT2D eigenvalue weighted by atomic mass is 32.2. The third-order valence-electron chi connectivity index (χ3n) is 4.79. The van der Waals surface area contributed by atoms with E-state index in [9.17, 15) is 23.1 Å². The minimum atomic E-state index is -3.15. The molecular formula is C14H25NO5S. The van der Waals surface area contributed by atoms with Gasteiger partial charge in [-0.1, -0.05) is 20.8 Å². The molecular weight excluding hydrogens is 294 g/mol. The van der Waals surface area contributed by atoms with Gasteiger partial charge in [0.25, 0.3) is 0 Å². The Labute approximate surface area is 126 Å². The Hall–Kier alpha value is -1.11. The first kappa shape index (κ1) is 17.9. The second-order valence-corrected chi connectivity index (χ2v) is 8.89. The number of aliphatic carboxylic acids is 1. The van der Waals surface area contributed by atoms with Crippen LogP contribution in [0.5, 0.6) is 0 Å². The van der Waals surface area contributed by atoms with Crippen molar-refractivity contribution in [1.29, 1.82) is 0 Å². The fraction of sp³-hybridized carbons (Fsp3) is 0.857. The van der Waals surface area contributed by atoms with E-state index < -0.39 is 27.1 Å². The number of carboxylic acid groups (broad SMARTS) is 1. The number of carbonyl (C=O) groups is 2. The van der Waals surface area contributed by atoms with E-state index in [0.717, 1.165) is 6.26 Å². The molecule has 0 spiro atoms. The van der Waals surface area contributed by atoms with Crippen LogP contribution in [0.2, 0.25) is 0 Å². The highest BCUT2D eigenvalue weighted by Crippen LogP contribution is 2.45. The predicted octanol–water partition coefficient (Wildman–Crippen LogP) is 1.06. The van der Waals surface area contributed by atoms with E-state index in [2.05, 4.69) is 5.32 Å². The van der Waals surface area contributed by atoms with Crippen LogP contribution < -0.4 is 5.32 Å². The molecule has 1 rings (SSSR count). The summed E-state index contributed by atoms with van der Waals surface area (Å²) in [5.41, 5.74) is -0.418. The Morgan fingerprint density at radius 3 is 2.33 bits per heavy atom.